The van der Waals surface area contributed by atoms with E-state index in [1.54, 1.807) is 13.1 Å². The Morgan fingerprint density at radius 2 is 1.92 bits per heavy atom. The van der Waals surface area contributed by atoms with E-state index < -0.39 is 0 Å². The Hall–Kier alpha value is -2.89. The van der Waals surface area contributed by atoms with Crippen molar-refractivity contribution in [2.45, 2.75) is 20.3 Å². The van der Waals surface area contributed by atoms with Crippen LogP contribution in [0.2, 0.25) is 0 Å². The maximum Gasteiger partial charge on any atom is 0.320 e. The molecule has 2 rings (SSSR count). The third-order valence-corrected chi connectivity index (χ3v) is 3.45. The zero-order valence-corrected chi connectivity index (χ0v) is 14.1. The predicted octanol–water partition coefficient (Wildman–Crippen LogP) is 2.42. The highest BCUT2D eigenvalue weighted by Crippen LogP contribution is 2.09. The summed E-state index contributed by atoms with van der Waals surface area (Å²) in [5, 5.41) is 8.11. The number of anilines is 1. The van der Waals surface area contributed by atoms with Gasteiger partial charge in [-0.1, -0.05) is 12.1 Å². The molecule has 3 amide bonds. The molecule has 1 aromatic heterocycles. The van der Waals surface area contributed by atoms with Gasteiger partial charge in [0.1, 0.15) is 5.82 Å². The topological polar surface area (TPSA) is 83.1 Å². The monoisotopic (exact) mass is 326 g/mol. The van der Waals surface area contributed by atoms with Crippen molar-refractivity contribution in [1.82, 2.24) is 15.6 Å². The zero-order chi connectivity index (χ0) is 17.5. The first-order valence-electron chi connectivity index (χ1n) is 7.79. The Kier molecular flexibility index (Phi) is 5.89. The molecule has 0 bridgehead atoms. The Labute approximate surface area is 141 Å². The minimum Gasteiger partial charge on any atom is -0.355 e. The number of amides is 3. The van der Waals surface area contributed by atoms with Crippen molar-refractivity contribution in [2.75, 3.05) is 18.9 Å². The van der Waals surface area contributed by atoms with Crippen LogP contribution in [0, 0.1) is 13.8 Å². The third kappa shape index (κ3) is 5.08. The fourth-order valence-electron chi connectivity index (χ4n) is 2.40. The molecule has 2 aromatic rings. The number of nitrogens with zero attached hydrogens (tertiary/aromatic N) is 1. The molecule has 6 heteroatoms. The van der Waals surface area contributed by atoms with Gasteiger partial charge in [0.25, 0.3) is 5.91 Å². The maximum atomic E-state index is 11.9. The number of carbonyl (C=O) groups is 2. The lowest BCUT2D eigenvalue weighted by atomic mass is 10.1. The van der Waals surface area contributed by atoms with Gasteiger partial charge in [-0.2, -0.15) is 0 Å². The van der Waals surface area contributed by atoms with Crippen molar-refractivity contribution in [3.63, 3.8) is 0 Å². The number of hydrogen-bond acceptors (Lipinski definition) is 3. The molecule has 0 aliphatic heterocycles. The number of benzene rings is 1. The lowest BCUT2D eigenvalue weighted by Crippen LogP contribution is -2.30. The van der Waals surface area contributed by atoms with E-state index in [4.69, 9.17) is 0 Å². The second-order valence-electron chi connectivity index (χ2n) is 5.58. The number of nitrogens with one attached hydrogen (secondary N) is 3. The minimum absolute atomic E-state index is 0.122. The summed E-state index contributed by atoms with van der Waals surface area (Å²) >= 11 is 0. The number of aromatic nitrogens is 1. The number of pyridine rings is 1. The average Bonchev–Trinajstić information content (AvgIpc) is 2.53. The molecule has 126 valence electrons. The smallest absolute Gasteiger partial charge is 0.320 e. The number of aryl methyl sites for hydroxylation is 2. The number of urea groups is 1. The quantitative estimate of drug-likeness (QED) is 0.789. The van der Waals surface area contributed by atoms with E-state index in [1.165, 1.54) is 0 Å². The standard InChI is InChI=1S/C18H22N4O2/c1-12-9-13(2)21-16(10-12)22-18(24)20-8-7-14-5-4-6-15(11-14)17(23)19-3/h4-6,9-11H,7-8H2,1-3H3,(H,19,23)(H2,20,21,22,24). The largest absolute Gasteiger partial charge is 0.355 e. The molecular formula is C18H22N4O2. The van der Waals surface area contributed by atoms with Crippen LogP contribution >= 0.6 is 0 Å². The van der Waals surface area contributed by atoms with Gasteiger partial charge in [0.15, 0.2) is 0 Å². The van der Waals surface area contributed by atoms with Gasteiger partial charge >= 0.3 is 6.03 Å². The molecule has 0 radical (unpaired) electrons. The lowest BCUT2D eigenvalue weighted by molar-refractivity contribution is 0.0963. The van der Waals surface area contributed by atoms with Crippen LogP contribution in [0.4, 0.5) is 10.6 Å². The summed E-state index contributed by atoms with van der Waals surface area (Å²) in [6.45, 7) is 4.31. The minimum atomic E-state index is -0.296. The molecule has 0 aliphatic rings. The van der Waals surface area contributed by atoms with Crippen LogP contribution in [-0.2, 0) is 6.42 Å². The summed E-state index contributed by atoms with van der Waals surface area (Å²) in [7, 11) is 1.60. The molecule has 1 aromatic carbocycles. The van der Waals surface area contributed by atoms with Gasteiger partial charge in [0.2, 0.25) is 0 Å². The number of hydrogen-bond donors (Lipinski definition) is 3. The Morgan fingerprint density at radius 3 is 2.62 bits per heavy atom. The van der Waals surface area contributed by atoms with E-state index in [-0.39, 0.29) is 11.9 Å². The Balaban J connectivity index is 1.85. The second-order valence-corrected chi connectivity index (χ2v) is 5.58. The van der Waals surface area contributed by atoms with Crippen molar-refractivity contribution < 1.29 is 9.59 Å². The molecular weight excluding hydrogens is 304 g/mol. The van der Waals surface area contributed by atoms with Gasteiger partial charge in [0.05, 0.1) is 0 Å². The van der Waals surface area contributed by atoms with Crippen LogP contribution in [0.3, 0.4) is 0 Å². The first kappa shape index (κ1) is 17.5. The Morgan fingerprint density at radius 1 is 1.12 bits per heavy atom. The van der Waals surface area contributed by atoms with Crippen LogP contribution in [0.5, 0.6) is 0 Å². The summed E-state index contributed by atoms with van der Waals surface area (Å²) < 4.78 is 0. The average molecular weight is 326 g/mol. The van der Waals surface area contributed by atoms with Gasteiger partial charge < -0.3 is 10.6 Å². The zero-order valence-electron chi connectivity index (χ0n) is 14.1. The molecule has 0 unspecified atom stereocenters. The highest BCUT2D eigenvalue weighted by Gasteiger charge is 2.06. The molecule has 3 N–H and O–H groups in total. The van der Waals surface area contributed by atoms with Crippen molar-refractivity contribution in [2.24, 2.45) is 0 Å². The lowest BCUT2D eigenvalue weighted by Gasteiger charge is -2.09. The van der Waals surface area contributed by atoms with E-state index in [0.717, 1.165) is 16.8 Å². The maximum absolute atomic E-state index is 11.9. The SMILES string of the molecule is CNC(=O)c1cccc(CCNC(=O)Nc2cc(C)cc(C)n2)c1. The van der Waals surface area contributed by atoms with Gasteiger partial charge in [-0.3, -0.25) is 10.1 Å². The van der Waals surface area contributed by atoms with Crippen LogP contribution in [-0.4, -0.2) is 30.5 Å². The summed E-state index contributed by atoms with van der Waals surface area (Å²) in [6.07, 6.45) is 0.637. The van der Waals surface area contributed by atoms with Gasteiger partial charge in [0, 0.05) is 24.8 Å². The summed E-state index contributed by atoms with van der Waals surface area (Å²) in [5.41, 5.74) is 3.50. The molecule has 0 spiro atoms. The van der Waals surface area contributed by atoms with Gasteiger partial charge in [-0.25, -0.2) is 9.78 Å². The fraction of sp³-hybridized carbons (Fsp3) is 0.278. The third-order valence-electron chi connectivity index (χ3n) is 3.45. The molecule has 0 saturated heterocycles. The van der Waals surface area contributed by atoms with Crippen LogP contribution in [0.1, 0.15) is 27.2 Å². The van der Waals surface area contributed by atoms with Crippen molar-refractivity contribution >= 4 is 17.8 Å². The van der Waals surface area contributed by atoms with Gasteiger partial charge in [-0.15, -0.1) is 0 Å². The summed E-state index contributed by atoms with van der Waals surface area (Å²) in [5.74, 6) is 0.412. The van der Waals surface area contributed by atoms with E-state index in [2.05, 4.69) is 20.9 Å². The van der Waals surface area contributed by atoms with Crippen molar-refractivity contribution in [1.29, 1.82) is 0 Å². The normalized spacial score (nSPS) is 10.1. The molecule has 6 nitrogen and oxygen atoms in total. The van der Waals surface area contributed by atoms with Crippen LogP contribution in [0.25, 0.3) is 0 Å². The highest BCUT2D eigenvalue weighted by molar-refractivity contribution is 5.94. The van der Waals surface area contributed by atoms with E-state index in [0.29, 0.717) is 24.3 Å². The van der Waals surface area contributed by atoms with Crippen molar-refractivity contribution in [3.8, 4) is 0 Å². The van der Waals surface area contributed by atoms with Crippen LogP contribution < -0.4 is 16.0 Å². The number of rotatable bonds is 5. The van der Waals surface area contributed by atoms with E-state index in [9.17, 15) is 9.59 Å². The first-order chi connectivity index (χ1) is 11.5. The number of carbonyl (C=O) groups excluding carboxylic acids is 2. The predicted molar refractivity (Wildman–Crippen MR) is 94.3 cm³/mol. The van der Waals surface area contributed by atoms with E-state index in [1.807, 2.05) is 44.2 Å². The highest BCUT2D eigenvalue weighted by atomic mass is 16.2. The summed E-state index contributed by atoms with van der Waals surface area (Å²) in [6, 6.07) is 10.8. The van der Waals surface area contributed by atoms with Gasteiger partial charge in [-0.05, 0) is 55.7 Å². The fourth-order valence-corrected chi connectivity index (χ4v) is 2.40. The molecule has 0 saturated carbocycles. The first-order valence-corrected chi connectivity index (χ1v) is 7.79. The van der Waals surface area contributed by atoms with Crippen LogP contribution in [0.15, 0.2) is 36.4 Å². The Bertz CT molecular complexity index is 723. The molecule has 0 aliphatic carbocycles. The molecule has 1 heterocycles. The molecule has 0 atom stereocenters. The van der Waals surface area contributed by atoms with E-state index >= 15 is 0 Å². The summed E-state index contributed by atoms with van der Waals surface area (Å²) in [4.78, 5) is 27.8. The second kappa shape index (κ2) is 8.10. The molecule has 0 fully saturated rings. The molecule has 24 heavy (non-hydrogen) atoms. The van der Waals surface area contributed by atoms with Crippen molar-refractivity contribution in [3.05, 3.63) is 58.8 Å².